The van der Waals surface area contributed by atoms with Gasteiger partial charge in [-0.25, -0.2) is 10.2 Å². The SMILES string of the molecule is CC1CCC(C(=O)NNC(N)=O)CC1. The number of nitrogens with one attached hydrogen (secondary N) is 2. The van der Waals surface area contributed by atoms with Crippen molar-refractivity contribution in [2.24, 2.45) is 17.6 Å². The molecule has 5 nitrogen and oxygen atoms in total. The Morgan fingerprint density at radius 1 is 1.14 bits per heavy atom. The summed E-state index contributed by atoms with van der Waals surface area (Å²) >= 11 is 0. The first-order chi connectivity index (χ1) is 6.59. The van der Waals surface area contributed by atoms with E-state index in [0.29, 0.717) is 5.92 Å². The van der Waals surface area contributed by atoms with Crippen molar-refractivity contribution in [3.05, 3.63) is 0 Å². The van der Waals surface area contributed by atoms with Crippen molar-refractivity contribution in [1.82, 2.24) is 10.9 Å². The summed E-state index contributed by atoms with van der Waals surface area (Å²) in [5, 5.41) is 0. The highest BCUT2D eigenvalue weighted by Gasteiger charge is 2.24. The van der Waals surface area contributed by atoms with Crippen molar-refractivity contribution in [1.29, 1.82) is 0 Å². The van der Waals surface area contributed by atoms with Gasteiger partial charge in [-0.2, -0.15) is 0 Å². The van der Waals surface area contributed by atoms with E-state index < -0.39 is 6.03 Å². The van der Waals surface area contributed by atoms with Crippen molar-refractivity contribution >= 4 is 11.9 Å². The molecule has 1 aliphatic carbocycles. The zero-order valence-corrected chi connectivity index (χ0v) is 8.38. The first-order valence-corrected chi connectivity index (χ1v) is 4.95. The second-order valence-corrected chi connectivity index (χ2v) is 3.94. The van der Waals surface area contributed by atoms with E-state index in [2.05, 4.69) is 17.8 Å². The highest BCUT2D eigenvalue weighted by atomic mass is 16.2. The molecule has 0 bridgehead atoms. The fraction of sp³-hybridized carbons (Fsp3) is 0.778. The van der Waals surface area contributed by atoms with Gasteiger partial charge in [0.15, 0.2) is 0 Å². The molecule has 0 aromatic heterocycles. The summed E-state index contributed by atoms with van der Waals surface area (Å²) in [4.78, 5) is 21.8. The van der Waals surface area contributed by atoms with E-state index in [1.54, 1.807) is 0 Å². The molecule has 0 heterocycles. The lowest BCUT2D eigenvalue weighted by Gasteiger charge is -2.24. The molecule has 80 valence electrons. The number of hydrogen-bond donors (Lipinski definition) is 3. The van der Waals surface area contributed by atoms with Gasteiger partial charge in [0.05, 0.1) is 0 Å². The third-order valence-corrected chi connectivity index (χ3v) is 2.70. The summed E-state index contributed by atoms with van der Waals surface area (Å²) in [6.45, 7) is 2.19. The van der Waals surface area contributed by atoms with Gasteiger partial charge in [0.25, 0.3) is 0 Å². The number of urea groups is 1. The van der Waals surface area contributed by atoms with E-state index in [-0.39, 0.29) is 11.8 Å². The van der Waals surface area contributed by atoms with E-state index in [1.165, 1.54) is 0 Å². The number of carbonyl (C=O) groups excluding carboxylic acids is 2. The van der Waals surface area contributed by atoms with Gasteiger partial charge in [0.2, 0.25) is 5.91 Å². The minimum atomic E-state index is -0.734. The van der Waals surface area contributed by atoms with Gasteiger partial charge in [-0.3, -0.25) is 10.2 Å². The van der Waals surface area contributed by atoms with Crippen LogP contribution in [-0.2, 0) is 4.79 Å². The Labute approximate surface area is 83.4 Å². The van der Waals surface area contributed by atoms with Crippen LogP contribution in [0.4, 0.5) is 4.79 Å². The Hall–Kier alpha value is -1.26. The van der Waals surface area contributed by atoms with Crippen molar-refractivity contribution in [3.8, 4) is 0 Å². The first-order valence-electron chi connectivity index (χ1n) is 4.95. The molecule has 0 saturated heterocycles. The van der Waals surface area contributed by atoms with Crippen LogP contribution in [-0.4, -0.2) is 11.9 Å². The van der Waals surface area contributed by atoms with Gasteiger partial charge in [-0.15, -0.1) is 0 Å². The second-order valence-electron chi connectivity index (χ2n) is 3.94. The molecule has 4 N–H and O–H groups in total. The molecular weight excluding hydrogens is 182 g/mol. The minimum Gasteiger partial charge on any atom is -0.350 e. The summed E-state index contributed by atoms with van der Waals surface area (Å²) in [7, 11) is 0. The van der Waals surface area contributed by atoms with Gasteiger partial charge in [0, 0.05) is 5.92 Å². The molecular formula is C9H17N3O2. The zero-order valence-electron chi connectivity index (χ0n) is 8.38. The van der Waals surface area contributed by atoms with E-state index in [0.717, 1.165) is 25.7 Å². The minimum absolute atomic E-state index is 0.0260. The fourth-order valence-electron chi connectivity index (χ4n) is 1.75. The Balaban J connectivity index is 2.27. The number of nitrogens with two attached hydrogens (primary N) is 1. The molecule has 5 heteroatoms. The highest BCUT2D eigenvalue weighted by molar-refractivity contribution is 5.82. The average Bonchev–Trinajstić information content (AvgIpc) is 2.15. The predicted molar refractivity (Wildman–Crippen MR) is 52.0 cm³/mol. The summed E-state index contributed by atoms with van der Waals surface area (Å²) in [6.07, 6.45) is 3.95. The molecule has 14 heavy (non-hydrogen) atoms. The second kappa shape index (κ2) is 4.83. The lowest BCUT2D eigenvalue weighted by atomic mass is 9.83. The predicted octanol–water partition coefficient (Wildman–Crippen LogP) is 0.512. The van der Waals surface area contributed by atoms with E-state index in [1.807, 2.05) is 0 Å². The van der Waals surface area contributed by atoms with Gasteiger partial charge in [-0.1, -0.05) is 6.92 Å². The number of rotatable bonds is 1. The number of carbonyl (C=O) groups is 2. The van der Waals surface area contributed by atoms with Gasteiger partial charge < -0.3 is 5.73 Å². The van der Waals surface area contributed by atoms with Crippen molar-refractivity contribution in [2.45, 2.75) is 32.6 Å². The number of amides is 3. The van der Waals surface area contributed by atoms with Crippen LogP contribution in [0.5, 0.6) is 0 Å². The standard InChI is InChI=1S/C9H17N3O2/c1-6-2-4-7(5-3-6)8(13)11-12-9(10)14/h6-7H,2-5H2,1H3,(H,11,13)(H3,10,12,14). The van der Waals surface area contributed by atoms with E-state index in [9.17, 15) is 9.59 Å². The van der Waals surface area contributed by atoms with Crippen LogP contribution in [0.3, 0.4) is 0 Å². The van der Waals surface area contributed by atoms with Gasteiger partial charge >= 0.3 is 6.03 Å². The van der Waals surface area contributed by atoms with Crippen LogP contribution >= 0.6 is 0 Å². The average molecular weight is 199 g/mol. The number of hydrogen-bond acceptors (Lipinski definition) is 2. The summed E-state index contributed by atoms with van der Waals surface area (Å²) in [5.74, 6) is 0.608. The molecule has 0 aromatic carbocycles. The van der Waals surface area contributed by atoms with Crippen molar-refractivity contribution in [2.75, 3.05) is 0 Å². The third-order valence-electron chi connectivity index (χ3n) is 2.70. The van der Waals surface area contributed by atoms with Crippen LogP contribution in [0, 0.1) is 11.8 Å². The highest BCUT2D eigenvalue weighted by Crippen LogP contribution is 2.27. The number of hydrazine groups is 1. The summed E-state index contributed by atoms with van der Waals surface area (Å²) in [5.41, 5.74) is 9.22. The lowest BCUT2D eigenvalue weighted by molar-refractivity contribution is -0.126. The molecule has 0 radical (unpaired) electrons. The zero-order chi connectivity index (χ0) is 10.6. The van der Waals surface area contributed by atoms with E-state index in [4.69, 9.17) is 5.73 Å². The van der Waals surface area contributed by atoms with Crippen LogP contribution in [0.25, 0.3) is 0 Å². The molecule has 0 aliphatic heterocycles. The Morgan fingerprint density at radius 2 is 1.71 bits per heavy atom. The number of primary amides is 1. The van der Waals surface area contributed by atoms with Crippen LogP contribution in [0.15, 0.2) is 0 Å². The van der Waals surface area contributed by atoms with Crippen molar-refractivity contribution in [3.63, 3.8) is 0 Å². The molecule has 3 amide bonds. The maximum atomic E-state index is 11.4. The Kier molecular flexibility index (Phi) is 3.73. The Morgan fingerprint density at radius 3 is 2.21 bits per heavy atom. The molecule has 1 aliphatic rings. The van der Waals surface area contributed by atoms with E-state index >= 15 is 0 Å². The monoisotopic (exact) mass is 199 g/mol. The Bertz CT molecular complexity index is 222. The van der Waals surface area contributed by atoms with Crippen molar-refractivity contribution < 1.29 is 9.59 Å². The first kappa shape index (κ1) is 10.8. The maximum absolute atomic E-state index is 11.4. The molecule has 0 spiro atoms. The quantitative estimate of drug-likeness (QED) is 0.538. The summed E-state index contributed by atoms with van der Waals surface area (Å²) < 4.78 is 0. The topological polar surface area (TPSA) is 84.2 Å². The summed E-state index contributed by atoms with van der Waals surface area (Å²) in [6, 6.07) is -0.734. The largest absolute Gasteiger partial charge is 0.350 e. The normalized spacial score (nSPS) is 26.6. The smallest absolute Gasteiger partial charge is 0.330 e. The van der Waals surface area contributed by atoms with Gasteiger partial charge in [-0.05, 0) is 31.6 Å². The van der Waals surface area contributed by atoms with Crippen LogP contribution < -0.4 is 16.6 Å². The fourth-order valence-corrected chi connectivity index (χ4v) is 1.75. The molecule has 0 atom stereocenters. The lowest BCUT2D eigenvalue weighted by Crippen LogP contribution is -2.47. The molecule has 1 fully saturated rings. The molecule has 0 aromatic rings. The molecule has 0 unspecified atom stereocenters. The van der Waals surface area contributed by atoms with Crippen LogP contribution in [0.2, 0.25) is 0 Å². The van der Waals surface area contributed by atoms with Gasteiger partial charge in [0.1, 0.15) is 0 Å². The maximum Gasteiger partial charge on any atom is 0.330 e. The van der Waals surface area contributed by atoms with Crippen LogP contribution in [0.1, 0.15) is 32.6 Å². The third kappa shape index (κ3) is 3.24. The molecule has 1 rings (SSSR count). The molecule has 1 saturated carbocycles.